The van der Waals surface area contributed by atoms with Gasteiger partial charge in [-0.25, -0.2) is 4.98 Å². The lowest BCUT2D eigenvalue weighted by molar-refractivity contribution is 0.577. The molecular weight excluding hydrogens is 276 g/mol. The number of benzene rings is 1. The van der Waals surface area contributed by atoms with Crippen LogP contribution in [0.15, 0.2) is 65.4 Å². The molecule has 0 saturated carbocycles. The maximum atomic E-state index is 5.45. The van der Waals surface area contributed by atoms with E-state index in [0.29, 0.717) is 5.78 Å². The molecule has 4 rings (SSSR count). The monoisotopic (exact) mass is 290 g/mol. The van der Waals surface area contributed by atoms with Gasteiger partial charge in [-0.1, -0.05) is 30.3 Å². The second-order valence-corrected chi connectivity index (χ2v) is 5.03. The molecular formula is C17H14N4O. The number of nitrogens with zero attached hydrogens (tertiary/aromatic N) is 4. The Kier molecular flexibility index (Phi) is 3.16. The predicted molar refractivity (Wildman–Crippen MR) is 82.3 cm³/mol. The van der Waals surface area contributed by atoms with E-state index in [1.807, 2.05) is 36.4 Å². The molecule has 0 atom stereocenters. The lowest BCUT2D eigenvalue weighted by Gasteiger charge is -1.99. The van der Waals surface area contributed by atoms with Crippen molar-refractivity contribution in [3.05, 3.63) is 72.4 Å². The Morgan fingerprint density at radius 3 is 2.68 bits per heavy atom. The summed E-state index contributed by atoms with van der Waals surface area (Å²) in [6.45, 7) is 0. The lowest BCUT2D eigenvalue weighted by Crippen LogP contribution is -1.96. The molecule has 4 aromatic rings. The predicted octanol–water partition coefficient (Wildman–Crippen LogP) is 3.17. The van der Waals surface area contributed by atoms with E-state index in [9.17, 15) is 0 Å². The van der Waals surface area contributed by atoms with Gasteiger partial charge in [0, 0.05) is 12.6 Å². The van der Waals surface area contributed by atoms with Crippen molar-refractivity contribution in [1.29, 1.82) is 0 Å². The molecule has 0 fully saturated rings. The van der Waals surface area contributed by atoms with E-state index in [1.165, 1.54) is 5.56 Å². The van der Waals surface area contributed by atoms with E-state index in [4.69, 9.17) is 4.42 Å². The Hall–Kier alpha value is -2.95. The minimum atomic E-state index is 0.594. The second kappa shape index (κ2) is 5.44. The molecule has 5 heteroatoms. The molecule has 1 aromatic carbocycles. The zero-order valence-electron chi connectivity index (χ0n) is 11.9. The highest BCUT2D eigenvalue weighted by atomic mass is 16.3. The lowest BCUT2D eigenvalue weighted by atomic mass is 10.1. The zero-order valence-corrected chi connectivity index (χ0v) is 11.9. The molecule has 5 nitrogen and oxygen atoms in total. The average molecular weight is 290 g/mol. The van der Waals surface area contributed by atoms with Gasteiger partial charge in [-0.3, -0.25) is 0 Å². The van der Waals surface area contributed by atoms with Crippen molar-refractivity contribution in [2.45, 2.75) is 12.8 Å². The third-order valence-corrected chi connectivity index (χ3v) is 3.54. The van der Waals surface area contributed by atoms with Crippen molar-refractivity contribution in [1.82, 2.24) is 19.6 Å². The van der Waals surface area contributed by atoms with Gasteiger partial charge in [-0.05, 0) is 30.2 Å². The van der Waals surface area contributed by atoms with Gasteiger partial charge in [-0.15, -0.1) is 5.10 Å². The molecule has 0 aliphatic heterocycles. The number of fused-ring (bicyclic) bond motifs is 1. The van der Waals surface area contributed by atoms with Crippen LogP contribution in [0, 0.1) is 0 Å². The standard InChI is InChI=1S/C17H14N4O/c1-2-5-13(6-3-1)8-9-16-19-17-18-11-10-14(21(17)20-16)15-7-4-12-22-15/h1-7,10-12H,8-9H2. The molecule has 0 aliphatic rings. The first kappa shape index (κ1) is 12.8. The third kappa shape index (κ3) is 2.37. The Labute approximate surface area is 127 Å². The molecule has 0 aliphatic carbocycles. The third-order valence-electron chi connectivity index (χ3n) is 3.54. The molecule has 3 aromatic heterocycles. The first-order chi connectivity index (χ1) is 10.9. The molecule has 0 amide bonds. The number of furan rings is 1. The van der Waals surface area contributed by atoms with Gasteiger partial charge in [0.25, 0.3) is 5.78 Å². The highest BCUT2D eigenvalue weighted by Crippen LogP contribution is 2.19. The molecule has 108 valence electrons. The zero-order chi connectivity index (χ0) is 14.8. The van der Waals surface area contributed by atoms with Crippen molar-refractivity contribution < 1.29 is 4.42 Å². The summed E-state index contributed by atoms with van der Waals surface area (Å²) in [6.07, 6.45) is 5.07. The smallest absolute Gasteiger partial charge is 0.253 e. The summed E-state index contributed by atoms with van der Waals surface area (Å²) in [5.41, 5.74) is 2.13. The summed E-state index contributed by atoms with van der Waals surface area (Å²) in [5, 5.41) is 4.57. The van der Waals surface area contributed by atoms with Crippen LogP contribution < -0.4 is 0 Å². The topological polar surface area (TPSA) is 56.2 Å². The van der Waals surface area contributed by atoms with Crippen LogP contribution in [0.5, 0.6) is 0 Å². The van der Waals surface area contributed by atoms with E-state index in [2.05, 4.69) is 27.2 Å². The molecule has 0 unspecified atom stereocenters. The number of aromatic nitrogens is 4. The molecule has 0 N–H and O–H groups in total. The maximum absolute atomic E-state index is 5.45. The van der Waals surface area contributed by atoms with Crippen LogP contribution in [0.2, 0.25) is 0 Å². The number of aryl methyl sites for hydroxylation is 2. The van der Waals surface area contributed by atoms with Gasteiger partial charge >= 0.3 is 0 Å². The van der Waals surface area contributed by atoms with Crippen LogP contribution in [0.25, 0.3) is 17.2 Å². The summed E-state index contributed by atoms with van der Waals surface area (Å²) < 4.78 is 7.19. The van der Waals surface area contributed by atoms with Crippen molar-refractivity contribution in [3.8, 4) is 11.5 Å². The minimum Gasteiger partial charge on any atom is -0.463 e. The fraction of sp³-hybridized carbons (Fsp3) is 0.118. The molecule has 0 spiro atoms. The normalized spacial score (nSPS) is 11.1. The quantitative estimate of drug-likeness (QED) is 0.579. The van der Waals surface area contributed by atoms with Crippen molar-refractivity contribution in [2.24, 2.45) is 0 Å². The Morgan fingerprint density at radius 1 is 0.955 bits per heavy atom. The van der Waals surface area contributed by atoms with Gasteiger partial charge in [0.15, 0.2) is 11.6 Å². The Balaban J connectivity index is 1.65. The van der Waals surface area contributed by atoms with Crippen molar-refractivity contribution in [2.75, 3.05) is 0 Å². The van der Waals surface area contributed by atoms with Gasteiger partial charge < -0.3 is 4.42 Å². The second-order valence-electron chi connectivity index (χ2n) is 5.03. The van der Waals surface area contributed by atoms with Crippen molar-refractivity contribution >= 4 is 5.78 Å². The summed E-state index contributed by atoms with van der Waals surface area (Å²) in [4.78, 5) is 8.77. The fourth-order valence-electron chi connectivity index (χ4n) is 2.45. The van der Waals surface area contributed by atoms with Crippen LogP contribution in [0.4, 0.5) is 0 Å². The first-order valence-electron chi connectivity index (χ1n) is 7.18. The number of rotatable bonds is 4. The molecule has 22 heavy (non-hydrogen) atoms. The summed E-state index contributed by atoms with van der Waals surface area (Å²) >= 11 is 0. The molecule has 3 heterocycles. The maximum Gasteiger partial charge on any atom is 0.253 e. The van der Waals surface area contributed by atoms with Crippen LogP contribution in [0.1, 0.15) is 11.4 Å². The number of hydrogen-bond acceptors (Lipinski definition) is 4. The SMILES string of the molecule is c1ccc(CCc2nc3nccc(-c4ccco4)n3n2)cc1. The molecule has 0 saturated heterocycles. The summed E-state index contributed by atoms with van der Waals surface area (Å²) in [7, 11) is 0. The largest absolute Gasteiger partial charge is 0.463 e. The molecule has 0 bridgehead atoms. The van der Waals surface area contributed by atoms with Crippen LogP contribution in [0.3, 0.4) is 0 Å². The summed E-state index contributed by atoms with van der Waals surface area (Å²) in [5.74, 6) is 2.14. The Bertz CT molecular complexity index is 882. The van der Waals surface area contributed by atoms with E-state index >= 15 is 0 Å². The van der Waals surface area contributed by atoms with E-state index in [-0.39, 0.29) is 0 Å². The Morgan fingerprint density at radius 2 is 1.86 bits per heavy atom. The van der Waals surface area contributed by atoms with Gasteiger partial charge in [0.05, 0.1) is 6.26 Å². The van der Waals surface area contributed by atoms with Gasteiger partial charge in [0.1, 0.15) is 5.69 Å². The van der Waals surface area contributed by atoms with E-state index < -0.39 is 0 Å². The first-order valence-corrected chi connectivity index (χ1v) is 7.18. The van der Waals surface area contributed by atoms with Gasteiger partial charge in [0.2, 0.25) is 0 Å². The number of hydrogen-bond donors (Lipinski definition) is 0. The van der Waals surface area contributed by atoms with Crippen LogP contribution in [-0.2, 0) is 12.8 Å². The highest BCUT2D eigenvalue weighted by Gasteiger charge is 2.11. The highest BCUT2D eigenvalue weighted by molar-refractivity contribution is 5.54. The van der Waals surface area contributed by atoms with Crippen molar-refractivity contribution in [3.63, 3.8) is 0 Å². The van der Waals surface area contributed by atoms with Crippen LogP contribution >= 0.6 is 0 Å². The minimum absolute atomic E-state index is 0.594. The summed E-state index contributed by atoms with van der Waals surface area (Å²) in [6, 6.07) is 16.0. The fourth-order valence-corrected chi connectivity index (χ4v) is 2.45. The van der Waals surface area contributed by atoms with Gasteiger partial charge in [-0.2, -0.15) is 9.50 Å². The van der Waals surface area contributed by atoms with Crippen LogP contribution in [-0.4, -0.2) is 19.6 Å². The average Bonchev–Trinajstić information content (AvgIpc) is 3.22. The van der Waals surface area contributed by atoms with E-state index in [1.54, 1.807) is 17.0 Å². The van der Waals surface area contributed by atoms with E-state index in [0.717, 1.165) is 30.1 Å². The molecule has 0 radical (unpaired) electrons.